The van der Waals surface area contributed by atoms with Crippen molar-refractivity contribution in [3.63, 3.8) is 0 Å². The Morgan fingerprint density at radius 2 is 2.10 bits per heavy atom. The van der Waals surface area contributed by atoms with E-state index in [4.69, 9.17) is 21.7 Å². The minimum atomic E-state index is -0.0839. The van der Waals surface area contributed by atoms with Gasteiger partial charge in [-0.2, -0.15) is 0 Å². The van der Waals surface area contributed by atoms with Crippen LogP contribution in [0.4, 0.5) is 0 Å². The molecule has 1 aromatic heterocycles. The number of aromatic amines is 1. The Hall–Kier alpha value is -2.16. The molecule has 1 atom stereocenters. The van der Waals surface area contributed by atoms with Crippen molar-refractivity contribution in [2.45, 2.75) is 39.8 Å². The number of hydrogen-bond acceptors (Lipinski definition) is 5. The number of morpholine rings is 1. The van der Waals surface area contributed by atoms with Gasteiger partial charge in [-0.05, 0) is 56.8 Å². The third kappa shape index (κ3) is 6.66. The highest BCUT2D eigenvalue weighted by Crippen LogP contribution is 2.19. The molecule has 1 aliphatic heterocycles. The van der Waals surface area contributed by atoms with Crippen molar-refractivity contribution in [1.82, 2.24) is 20.1 Å². The van der Waals surface area contributed by atoms with E-state index in [0.29, 0.717) is 23.8 Å². The molecule has 3 rings (SSSR count). The van der Waals surface area contributed by atoms with Crippen LogP contribution in [0.25, 0.3) is 10.9 Å². The van der Waals surface area contributed by atoms with Gasteiger partial charge in [-0.25, -0.2) is 0 Å². The number of benzene rings is 1. The zero-order valence-electron chi connectivity index (χ0n) is 18.8. The Morgan fingerprint density at radius 3 is 2.81 bits per heavy atom. The van der Waals surface area contributed by atoms with Crippen molar-refractivity contribution in [3.8, 4) is 5.75 Å². The monoisotopic (exact) mass is 446 g/mol. The van der Waals surface area contributed by atoms with Crippen LogP contribution in [0.1, 0.15) is 32.8 Å². The molecule has 1 saturated heterocycles. The number of hydrogen-bond donors (Lipinski definition) is 2. The number of fused-ring (bicyclic) bond motifs is 1. The van der Waals surface area contributed by atoms with Crippen molar-refractivity contribution in [3.05, 3.63) is 40.2 Å². The molecule has 0 spiro atoms. The zero-order chi connectivity index (χ0) is 22.2. The number of ether oxygens (including phenoxy) is 2. The molecule has 2 N–H and O–H groups in total. The van der Waals surface area contributed by atoms with Crippen molar-refractivity contribution in [2.75, 3.05) is 46.0 Å². The maximum atomic E-state index is 12.8. The lowest BCUT2D eigenvalue weighted by atomic mass is 10.1. The van der Waals surface area contributed by atoms with Gasteiger partial charge in [0, 0.05) is 48.7 Å². The summed E-state index contributed by atoms with van der Waals surface area (Å²) in [6.07, 6.45) is 0.980. The van der Waals surface area contributed by atoms with E-state index in [9.17, 15) is 4.79 Å². The summed E-state index contributed by atoms with van der Waals surface area (Å²) in [6.45, 7) is 12.3. The van der Waals surface area contributed by atoms with E-state index in [0.717, 1.165) is 62.5 Å². The van der Waals surface area contributed by atoms with E-state index >= 15 is 0 Å². The summed E-state index contributed by atoms with van der Waals surface area (Å²) in [5, 5.41) is 5.04. The maximum absolute atomic E-state index is 12.8. The molecular weight excluding hydrogens is 412 g/mol. The average molecular weight is 447 g/mol. The lowest BCUT2D eigenvalue weighted by molar-refractivity contribution is 0.0357. The number of H-pyrrole nitrogens is 1. The van der Waals surface area contributed by atoms with Crippen LogP contribution < -0.4 is 15.6 Å². The number of nitrogens with one attached hydrogen (secondary N) is 2. The molecule has 0 bridgehead atoms. The lowest BCUT2D eigenvalue weighted by Gasteiger charge is -2.32. The fourth-order valence-electron chi connectivity index (χ4n) is 3.55. The minimum absolute atomic E-state index is 0.0839. The van der Waals surface area contributed by atoms with Crippen LogP contribution in [0.2, 0.25) is 0 Å². The predicted octanol–water partition coefficient (Wildman–Crippen LogP) is 2.73. The van der Waals surface area contributed by atoms with Crippen LogP contribution in [-0.4, -0.2) is 71.9 Å². The Labute approximate surface area is 189 Å². The molecule has 1 aromatic carbocycles. The van der Waals surface area contributed by atoms with Gasteiger partial charge in [-0.15, -0.1) is 0 Å². The molecule has 1 fully saturated rings. The summed E-state index contributed by atoms with van der Waals surface area (Å²) in [5.74, 6) is 0.797. The van der Waals surface area contributed by atoms with Gasteiger partial charge < -0.3 is 24.7 Å². The average Bonchev–Trinajstić information content (AvgIpc) is 2.77. The Balaban J connectivity index is 1.80. The first-order chi connectivity index (χ1) is 15.0. The lowest BCUT2D eigenvalue weighted by Crippen LogP contribution is -2.48. The first-order valence-electron chi connectivity index (χ1n) is 11.1. The van der Waals surface area contributed by atoms with Gasteiger partial charge in [-0.3, -0.25) is 9.69 Å². The third-order valence-electron chi connectivity index (χ3n) is 5.62. The maximum Gasteiger partial charge on any atom is 0.253 e. The molecule has 8 heteroatoms. The van der Waals surface area contributed by atoms with Gasteiger partial charge in [-0.1, -0.05) is 6.92 Å². The van der Waals surface area contributed by atoms with Gasteiger partial charge >= 0.3 is 0 Å². The van der Waals surface area contributed by atoms with Crippen molar-refractivity contribution >= 4 is 28.2 Å². The first kappa shape index (κ1) is 23.5. The topological polar surface area (TPSA) is 69.8 Å². The summed E-state index contributed by atoms with van der Waals surface area (Å²) in [6, 6.07) is 7.95. The molecule has 7 nitrogen and oxygen atoms in total. The fraction of sp³-hybridized carbons (Fsp3) is 0.565. The van der Waals surface area contributed by atoms with E-state index < -0.39 is 0 Å². The molecule has 2 aromatic rings. The Bertz CT molecular complexity index is 927. The summed E-state index contributed by atoms with van der Waals surface area (Å²) >= 11 is 5.72. The smallest absolute Gasteiger partial charge is 0.253 e. The minimum Gasteiger partial charge on any atom is -0.494 e. The second-order valence-corrected chi connectivity index (χ2v) is 8.33. The summed E-state index contributed by atoms with van der Waals surface area (Å²) < 4.78 is 11.1. The van der Waals surface area contributed by atoms with Gasteiger partial charge in [0.25, 0.3) is 5.56 Å². The van der Waals surface area contributed by atoms with E-state index in [-0.39, 0.29) is 11.6 Å². The Morgan fingerprint density at radius 1 is 1.32 bits per heavy atom. The van der Waals surface area contributed by atoms with E-state index in [1.807, 2.05) is 31.2 Å². The third-order valence-corrected chi connectivity index (χ3v) is 6.00. The molecular formula is C23H34N4O3S. The Kier molecular flexibility index (Phi) is 8.69. The SMILES string of the molecule is CCOc1ccc2[nH]c(=O)c(CN(CCN3CCOCC3)C(=S)NC(C)CC)cc2c1. The van der Waals surface area contributed by atoms with Crippen LogP contribution >= 0.6 is 12.2 Å². The largest absolute Gasteiger partial charge is 0.494 e. The van der Waals surface area contributed by atoms with Crippen molar-refractivity contribution in [2.24, 2.45) is 0 Å². The molecule has 0 saturated carbocycles. The van der Waals surface area contributed by atoms with Crippen LogP contribution in [0.5, 0.6) is 5.75 Å². The summed E-state index contributed by atoms with van der Waals surface area (Å²) in [7, 11) is 0. The van der Waals surface area contributed by atoms with E-state index in [1.54, 1.807) is 0 Å². The first-order valence-corrected chi connectivity index (χ1v) is 11.5. The number of rotatable bonds is 9. The van der Waals surface area contributed by atoms with Gasteiger partial charge in [0.15, 0.2) is 5.11 Å². The predicted molar refractivity (Wildman–Crippen MR) is 129 cm³/mol. The van der Waals surface area contributed by atoms with Crippen LogP contribution in [0, 0.1) is 0 Å². The molecule has 1 aliphatic rings. The quantitative estimate of drug-likeness (QED) is 0.574. The molecule has 31 heavy (non-hydrogen) atoms. The summed E-state index contributed by atoms with van der Waals surface area (Å²) in [5.41, 5.74) is 1.41. The van der Waals surface area contributed by atoms with Gasteiger partial charge in [0.05, 0.1) is 26.4 Å². The molecule has 0 aliphatic carbocycles. The van der Waals surface area contributed by atoms with Crippen molar-refractivity contribution in [1.29, 1.82) is 0 Å². The zero-order valence-corrected chi connectivity index (χ0v) is 19.6. The van der Waals surface area contributed by atoms with Crippen LogP contribution in [0.3, 0.4) is 0 Å². The molecule has 170 valence electrons. The normalized spacial score (nSPS) is 15.6. The highest BCUT2D eigenvalue weighted by molar-refractivity contribution is 7.80. The number of pyridine rings is 1. The second kappa shape index (κ2) is 11.5. The van der Waals surface area contributed by atoms with Gasteiger partial charge in [0.1, 0.15) is 5.75 Å². The second-order valence-electron chi connectivity index (χ2n) is 7.94. The van der Waals surface area contributed by atoms with Crippen LogP contribution in [-0.2, 0) is 11.3 Å². The fourth-order valence-corrected chi connectivity index (χ4v) is 3.91. The highest BCUT2D eigenvalue weighted by atomic mass is 32.1. The van der Waals surface area contributed by atoms with E-state index in [1.165, 1.54) is 0 Å². The molecule has 0 radical (unpaired) electrons. The van der Waals surface area contributed by atoms with Crippen LogP contribution in [0.15, 0.2) is 29.1 Å². The summed E-state index contributed by atoms with van der Waals surface area (Å²) in [4.78, 5) is 20.3. The highest BCUT2D eigenvalue weighted by Gasteiger charge is 2.17. The van der Waals surface area contributed by atoms with E-state index in [2.05, 4.69) is 33.9 Å². The standard InChI is InChI=1S/C23H34N4O3S/c1-4-17(3)24-23(31)27(9-8-26-10-12-29-13-11-26)16-19-14-18-15-20(30-5-2)6-7-21(18)25-22(19)28/h6-7,14-15,17H,4-5,8-13,16H2,1-3H3,(H,24,31)(H,25,28). The van der Waals surface area contributed by atoms with Gasteiger partial charge in [0.2, 0.25) is 0 Å². The number of thiocarbonyl (C=S) groups is 1. The number of nitrogens with zero attached hydrogens (tertiary/aromatic N) is 2. The molecule has 1 unspecified atom stereocenters. The number of aromatic nitrogens is 1. The molecule has 2 heterocycles. The molecule has 0 amide bonds. The van der Waals surface area contributed by atoms with Crippen molar-refractivity contribution < 1.29 is 9.47 Å².